The second-order valence-electron chi connectivity index (χ2n) is 3.98. The molecule has 0 heterocycles. The molecule has 18 heavy (non-hydrogen) atoms. The Labute approximate surface area is 115 Å². The molecule has 0 aliphatic heterocycles. The molecule has 0 spiro atoms. The van der Waals surface area contributed by atoms with Gasteiger partial charge in [-0.1, -0.05) is 13.0 Å². The van der Waals surface area contributed by atoms with Crippen LogP contribution in [-0.4, -0.2) is 24.7 Å². The predicted molar refractivity (Wildman–Crippen MR) is 73.6 cm³/mol. The van der Waals surface area contributed by atoms with Gasteiger partial charge in [0.15, 0.2) is 0 Å². The highest BCUT2D eigenvalue weighted by molar-refractivity contribution is 9.10. The molecule has 1 N–H and O–H groups in total. The summed E-state index contributed by atoms with van der Waals surface area (Å²) in [5.41, 5.74) is 0.980. The summed E-state index contributed by atoms with van der Waals surface area (Å²) in [7, 11) is 1.66. The molecular weight excluding hydrogens is 300 g/mol. The molecule has 0 aliphatic carbocycles. The smallest absolute Gasteiger partial charge is 0.283 e. The van der Waals surface area contributed by atoms with Crippen LogP contribution in [0.3, 0.4) is 0 Å². The summed E-state index contributed by atoms with van der Waals surface area (Å²) in [6.45, 7) is 3.30. The minimum Gasteiger partial charge on any atom is -0.383 e. The van der Waals surface area contributed by atoms with Gasteiger partial charge in [-0.05, 0) is 34.0 Å². The number of nitrogens with one attached hydrogen (secondary N) is 1. The number of ether oxygens (including phenoxy) is 1. The highest BCUT2D eigenvalue weighted by Crippen LogP contribution is 2.25. The van der Waals surface area contributed by atoms with Crippen LogP contribution in [0.2, 0.25) is 0 Å². The fraction of sp³-hybridized carbons (Fsp3) is 0.500. The third kappa shape index (κ3) is 4.36. The minimum atomic E-state index is -0.389. The molecule has 1 aromatic rings. The number of rotatable bonds is 7. The quantitative estimate of drug-likeness (QED) is 0.620. The van der Waals surface area contributed by atoms with Gasteiger partial charge < -0.3 is 10.1 Å². The lowest BCUT2D eigenvalue weighted by atomic mass is 10.1. The fourth-order valence-corrected chi connectivity index (χ4v) is 1.98. The van der Waals surface area contributed by atoms with Gasteiger partial charge in [0, 0.05) is 25.8 Å². The van der Waals surface area contributed by atoms with Gasteiger partial charge in [-0.2, -0.15) is 0 Å². The Morgan fingerprint density at radius 3 is 2.83 bits per heavy atom. The van der Waals surface area contributed by atoms with Crippen LogP contribution in [0.1, 0.15) is 18.9 Å². The molecule has 1 unspecified atom stereocenters. The molecule has 1 rings (SSSR count). The van der Waals surface area contributed by atoms with Gasteiger partial charge >= 0.3 is 0 Å². The lowest BCUT2D eigenvalue weighted by Gasteiger charge is -2.15. The van der Waals surface area contributed by atoms with Crippen molar-refractivity contribution >= 4 is 21.6 Å². The zero-order valence-electron chi connectivity index (χ0n) is 10.5. The molecule has 0 saturated heterocycles. The highest BCUT2D eigenvalue weighted by atomic mass is 79.9. The van der Waals surface area contributed by atoms with E-state index in [4.69, 9.17) is 4.74 Å². The lowest BCUT2D eigenvalue weighted by molar-refractivity contribution is -0.385. The number of nitro benzene ring substituents is 1. The van der Waals surface area contributed by atoms with E-state index in [1.54, 1.807) is 19.2 Å². The molecular formula is C12H17BrN2O3. The average Bonchev–Trinajstić information content (AvgIpc) is 2.35. The van der Waals surface area contributed by atoms with Crippen molar-refractivity contribution in [1.82, 2.24) is 5.32 Å². The molecule has 0 amide bonds. The van der Waals surface area contributed by atoms with E-state index in [0.29, 0.717) is 17.6 Å². The van der Waals surface area contributed by atoms with E-state index in [1.807, 2.05) is 6.07 Å². The summed E-state index contributed by atoms with van der Waals surface area (Å²) in [6, 6.07) is 5.41. The maximum atomic E-state index is 10.8. The van der Waals surface area contributed by atoms with E-state index in [2.05, 4.69) is 28.2 Å². The molecule has 6 heteroatoms. The van der Waals surface area contributed by atoms with Crippen LogP contribution in [-0.2, 0) is 11.3 Å². The molecule has 0 saturated carbocycles. The van der Waals surface area contributed by atoms with Gasteiger partial charge in [-0.15, -0.1) is 0 Å². The van der Waals surface area contributed by atoms with E-state index in [9.17, 15) is 10.1 Å². The Balaban J connectivity index is 2.67. The fourth-order valence-electron chi connectivity index (χ4n) is 1.59. The number of hydrogen-bond acceptors (Lipinski definition) is 4. The Hall–Kier alpha value is -0.980. The van der Waals surface area contributed by atoms with Gasteiger partial charge in [0.1, 0.15) is 0 Å². The first-order chi connectivity index (χ1) is 8.58. The van der Waals surface area contributed by atoms with Crippen molar-refractivity contribution in [3.63, 3.8) is 0 Å². The first-order valence-electron chi connectivity index (χ1n) is 5.73. The SMILES string of the molecule is CCC(COC)NCc1ccc(Br)c([N+](=O)[O-])c1. The van der Waals surface area contributed by atoms with Crippen molar-refractivity contribution in [1.29, 1.82) is 0 Å². The summed E-state index contributed by atoms with van der Waals surface area (Å²) in [4.78, 5) is 10.4. The number of benzene rings is 1. The van der Waals surface area contributed by atoms with Crippen LogP contribution in [0.4, 0.5) is 5.69 Å². The maximum Gasteiger partial charge on any atom is 0.283 e. The van der Waals surface area contributed by atoms with Crippen LogP contribution < -0.4 is 5.32 Å². The molecule has 5 nitrogen and oxygen atoms in total. The van der Waals surface area contributed by atoms with E-state index in [-0.39, 0.29) is 16.7 Å². The molecule has 0 aliphatic rings. The van der Waals surface area contributed by atoms with Crippen molar-refractivity contribution in [2.45, 2.75) is 25.9 Å². The average molecular weight is 317 g/mol. The monoisotopic (exact) mass is 316 g/mol. The second-order valence-corrected chi connectivity index (χ2v) is 4.84. The largest absolute Gasteiger partial charge is 0.383 e. The van der Waals surface area contributed by atoms with Crippen LogP contribution in [0.5, 0.6) is 0 Å². The normalized spacial score (nSPS) is 12.4. The number of hydrogen-bond donors (Lipinski definition) is 1. The third-order valence-electron chi connectivity index (χ3n) is 2.66. The van der Waals surface area contributed by atoms with Crippen LogP contribution in [0.25, 0.3) is 0 Å². The van der Waals surface area contributed by atoms with E-state index >= 15 is 0 Å². The molecule has 0 radical (unpaired) electrons. The first-order valence-corrected chi connectivity index (χ1v) is 6.53. The molecule has 100 valence electrons. The van der Waals surface area contributed by atoms with Gasteiger partial charge in [-0.25, -0.2) is 0 Å². The zero-order chi connectivity index (χ0) is 13.5. The Bertz CT molecular complexity index is 412. The standard InChI is InChI=1S/C12H17BrN2O3/c1-3-10(8-18-2)14-7-9-4-5-11(13)12(6-9)15(16)17/h4-6,10,14H,3,7-8H2,1-2H3. The Morgan fingerprint density at radius 1 is 1.56 bits per heavy atom. The molecule has 0 fully saturated rings. The lowest BCUT2D eigenvalue weighted by Crippen LogP contribution is -2.32. The van der Waals surface area contributed by atoms with Gasteiger partial charge in [-0.3, -0.25) is 10.1 Å². The van der Waals surface area contributed by atoms with Crippen molar-refractivity contribution < 1.29 is 9.66 Å². The second kappa shape index (κ2) is 7.45. The van der Waals surface area contributed by atoms with Gasteiger partial charge in [0.05, 0.1) is 16.0 Å². The van der Waals surface area contributed by atoms with Crippen molar-refractivity contribution in [2.75, 3.05) is 13.7 Å². The summed E-state index contributed by atoms with van der Waals surface area (Å²) in [5, 5.41) is 14.1. The van der Waals surface area contributed by atoms with Crippen LogP contribution in [0.15, 0.2) is 22.7 Å². The van der Waals surface area contributed by atoms with Crippen LogP contribution in [0, 0.1) is 10.1 Å². The third-order valence-corrected chi connectivity index (χ3v) is 3.33. The summed E-state index contributed by atoms with van der Waals surface area (Å²) < 4.78 is 5.59. The summed E-state index contributed by atoms with van der Waals surface area (Å²) in [6.07, 6.45) is 0.951. The number of methoxy groups -OCH3 is 1. The van der Waals surface area contributed by atoms with E-state index in [0.717, 1.165) is 12.0 Å². The van der Waals surface area contributed by atoms with E-state index < -0.39 is 0 Å². The van der Waals surface area contributed by atoms with Crippen molar-refractivity contribution in [3.05, 3.63) is 38.3 Å². The molecule has 1 aromatic carbocycles. The summed E-state index contributed by atoms with van der Waals surface area (Å²) >= 11 is 3.17. The van der Waals surface area contributed by atoms with E-state index in [1.165, 1.54) is 0 Å². The Morgan fingerprint density at radius 2 is 2.28 bits per heavy atom. The molecule has 1 atom stereocenters. The van der Waals surface area contributed by atoms with Crippen LogP contribution >= 0.6 is 15.9 Å². The number of nitro groups is 1. The minimum absolute atomic E-state index is 0.0917. The topological polar surface area (TPSA) is 64.4 Å². The maximum absolute atomic E-state index is 10.8. The number of nitrogens with zero attached hydrogens (tertiary/aromatic N) is 1. The predicted octanol–water partition coefficient (Wildman–Crippen LogP) is 2.87. The van der Waals surface area contributed by atoms with Gasteiger partial charge in [0.2, 0.25) is 0 Å². The zero-order valence-corrected chi connectivity index (χ0v) is 12.1. The first kappa shape index (κ1) is 15.1. The molecule has 0 aromatic heterocycles. The number of halogens is 1. The highest BCUT2D eigenvalue weighted by Gasteiger charge is 2.13. The summed E-state index contributed by atoms with van der Waals surface area (Å²) in [5.74, 6) is 0. The van der Waals surface area contributed by atoms with Gasteiger partial charge in [0.25, 0.3) is 5.69 Å². The Kier molecular flexibility index (Phi) is 6.24. The molecule has 0 bridgehead atoms. The van der Waals surface area contributed by atoms with Crippen molar-refractivity contribution in [2.24, 2.45) is 0 Å². The van der Waals surface area contributed by atoms with Crippen molar-refractivity contribution in [3.8, 4) is 0 Å².